The Kier molecular flexibility index (Phi) is 4.50. The predicted octanol–water partition coefficient (Wildman–Crippen LogP) is 1.35. The highest BCUT2D eigenvalue weighted by Crippen LogP contribution is 1.96. The van der Waals surface area contributed by atoms with E-state index in [9.17, 15) is 4.39 Å². The topological polar surface area (TPSA) is 12.9 Å². The van der Waals surface area contributed by atoms with Gasteiger partial charge in [0.05, 0.1) is 6.20 Å². The van der Waals surface area contributed by atoms with Crippen LogP contribution in [-0.2, 0) is 0 Å². The van der Waals surface area contributed by atoms with Gasteiger partial charge in [-0.15, -0.1) is 0 Å². The summed E-state index contributed by atoms with van der Waals surface area (Å²) >= 11 is 0. The Labute approximate surface area is 68.1 Å². The molecule has 0 aliphatic heterocycles. The molecule has 1 heterocycles. The van der Waals surface area contributed by atoms with Crippen LogP contribution in [0.15, 0.2) is 12.4 Å². The van der Waals surface area contributed by atoms with E-state index in [0.29, 0.717) is 11.0 Å². The van der Waals surface area contributed by atoms with Crippen molar-refractivity contribution in [2.75, 3.05) is 0 Å². The van der Waals surface area contributed by atoms with Gasteiger partial charge in [-0.05, 0) is 12.5 Å². The fourth-order valence-electron chi connectivity index (χ4n) is 0.515. The zero-order valence-electron chi connectivity index (χ0n) is 7.06. The monoisotopic (exact) mass is 151 g/mol. The molecule has 2 radical (unpaired) electrons. The summed E-state index contributed by atoms with van der Waals surface area (Å²) in [7, 11) is 5.32. The highest BCUT2D eigenvalue weighted by molar-refractivity contribution is 6.33. The van der Waals surface area contributed by atoms with Crippen LogP contribution in [-0.4, -0.2) is 12.8 Å². The lowest BCUT2D eigenvalue weighted by atomic mass is 9.94. The zero-order chi connectivity index (χ0) is 8.85. The molecule has 0 unspecified atom stereocenters. The van der Waals surface area contributed by atoms with Gasteiger partial charge in [0.1, 0.15) is 13.7 Å². The van der Waals surface area contributed by atoms with Crippen LogP contribution in [0, 0.1) is 12.7 Å². The second-order valence-electron chi connectivity index (χ2n) is 1.84. The molecule has 1 nitrogen and oxygen atoms in total. The third-order valence-corrected chi connectivity index (χ3v) is 1.19. The highest BCUT2D eigenvalue weighted by Gasteiger charge is 1.96. The van der Waals surface area contributed by atoms with Crippen molar-refractivity contribution in [3.63, 3.8) is 0 Å². The lowest BCUT2D eigenvalue weighted by molar-refractivity contribution is 0.614. The van der Waals surface area contributed by atoms with Crippen molar-refractivity contribution >= 4 is 13.3 Å². The van der Waals surface area contributed by atoms with Crippen molar-refractivity contribution in [2.45, 2.75) is 20.8 Å². The summed E-state index contributed by atoms with van der Waals surface area (Å²) in [5.74, 6) is -0.352. The van der Waals surface area contributed by atoms with Gasteiger partial charge < -0.3 is 0 Å². The first-order chi connectivity index (χ1) is 5.22. The Bertz CT molecular complexity index is 205. The SMILES string of the molecule is CC.[B]c1cncc(F)c1C. The molecule has 0 fully saturated rings. The first-order valence-corrected chi connectivity index (χ1v) is 3.57. The minimum atomic E-state index is -0.352. The third kappa shape index (κ3) is 2.70. The molecule has 1 aromatic rings. The van der Waals surface area contributed by atoms with Gasteiger partial charge >= 0.3 is 0 Å². The van der Waals surface area contributed by atoms with Crippen LogP contribution >= 0.6 is 0 Å². The van der Waals surface area contributed by atoms with Crippen molar-refractivity contribution in [2.24, 2.45) is 0 Å². The first kappa shape index (κ1) is 10.1. The molecule has 0 spiro atoms. The Morgan fingerprint density at radius 1 is 1.36 bits per heavy atom. The highest BCUT2D eigenvalue weighted by atomic mass is 19.1. The van der Waals surface area contributed by atoms with Crippen LogP contribution < -0.4 is 5.46 Å². The lowest BCUT2D eigenvalue weighted by Gasteiger charge is -1.97. The second kappa shape index (κ2) is 4.88. The predicted molar refractivity (Wildman–Crippen MR) is 45.7 cm³/mol. The number of nitrogens with zero attached hydrogens (tertiary/aromatic N) is 1. The molecule has 1 aromatic heterocycles. The molecule has 0 amide bonds. The Hall–Kier alpha value is -0.855. The van der Waals surface area contributed by atoms with Gasteiger partial charge in [-0.3, -0.25) is 4.98 Å². The molecule has 0 atom stereocenters. The van der Waals surface area contributed by atoms with Gasteiger partial charge in [-0.2, -0.15) is 0 Å². The van der Waals surface area contributed by atoms with Crippen molar-refractivity contribution in [3.8, 4) is 0 Å². The molecule has 0 aromatic carbocycles. The number of hydrogen-bond acceptors (Lipinski definition) is 1. The molecule has 1 rings (SSSR count). The minimum Gasteiger partial charge on any atom is -0.262 e. The van der Waals surface area contributed by atoms with E-state index in [1.165, 1.54) is 6.20 Å². The fourth-order valence-corrected chi connectivity index (χ4v) is 0.515. The normalized spacial score (nSPS) is 8.36. The number of hydrogen-bond donors (Lipinski definition) is 0. The van der Waals surface area contributed by atoms with Crippen LogP contribution in [0.5, 0.6) is 0 Å². The lowest BCUT2D eigenvalue weighted by Crippen LogP contribution is -2.09. The summed E-state index contributed by atoms with van der Waals surface area (Å²) < 4.78 is 12.4. The zero-order valence-corrected chi connectivity index (χ0v) is 7.06. The number of rotatable bonds is 0. The molecular formula is C8H11BFN. The fraction of sp³-hybridized carbons (Fsp3) is 0.375. The molecule has 0 saturated heterocycles. The molecule has 0 N–H and O–H groups in total. The van der Waals surface area contributed by atoms with Gasteiger partial charge in [0.2, 0.25) is 0 Å². The van der Waals surface area contributed by atoms with Crippen LogP contribution in [0.25, 0.3) is 0 Å². The summed E-state index contributed by atoms with van der Waals surface area (Å²) in [4.78, 5) is 3.54. The number of pyridine rings is 1. The van der Waals surface area contributed by atoms with Crippen LogP contribution in [0.3, 0.4) is 0 Å². The molecule has 0 aliphatic rings. The van der Waals surface area contributed by atoms with Crippen molar-refractivity contribution in [1.29, 1.82) is 0 Å². The van der Waals surface area contributed by atoms with Gasteiger partial charge in [0, 0.05) is 6.20 Å². The average molecular weight is 151 g/mol. The second-order valence-corrected chi connectivity index (χ2v) is 1.84. The molecule has 11 heavy (non-hydrogen) atoms. The minimum absolute atomic E-state index is 0.352. The molecule has 3 heteroatoms. The van der Waals surface area contributed by atoms with Crippen LogP contribution in [0.4, 0.5) is 4.39 Å². The number of halogens is 1. The van der Waals surface area contributed by atoms with Crippen LogP contribution in [0.2, 0.25) is 0 Å². The largest absolute Gasteiger partial charge is 0.262 e. The van der Waals surface area contributed by atoms with Crippen molar-refractivity contribution < 1.29 is 4.39 Å². The van der Waals surface area contributed by atoms with E-state index in [1.54, 1.807) is 6.92 Å². The summed E-state index contributed by atoms with van der Waals surface area (Å²) in [6.45, 7) is 5.62. The maximum atomic E-state index is 12.4. The van der Waals surface area contributed by atoms with E-state index >= 15 is 0 Å². The standard InChI is InChI=1S/C6H5BFN.C2H6/c1-4-5(7)2-9-3-6(4)8;1-2/h2-3H,1H3;1-2H3. The van der Waals surface area contributed by atoms with E-state index in [-0.39, 0.29) is 5.82 Å². The van der Waals surface area contributed by atoms with Gasteiger partial charge in [-0.25, -0.2) is 4.39 Å². The van der Waals surface area contributed by atoms with Crippen molar-refractivity contribution in [3.05, 3.63) is 23.8 Å². The van der Waals surface area contributed by atoms with E-state index in [0.717, 1.165) is 6.20 Å². The van der Waals surface area contributed by atoms with Crippen LogP contribution in [0.1, 0.15) is 19.4 Å². The smallest absolute Gasteiger partial charge is 0.143 e. The average Bonchev–Trinajstić information content (AvgIpc) is 2.04. The Morgan fingerprint density at radius 3 is 2.27 bits per heavy atom. The number of aromatic nitrogens is 1. The van der Waals surface area contributed by atoms with E-state index in [1.807, 2.05) is 13.8 Å². The quantitative estimate of drug-likeness (QED) is 0.510. The van der Waals surface area contributed by atoms with Gasteiger partial charge in [0.25, 0.3) is 0 Å². The molecule has 0 saturated carbocycles. The molecule has 58 valence electrons. The Balaban J connectivity index is 0.000000461. The molecular weight excluding hydrogens is 140 g/mol. The molecule has 0 bridgehead atoms. The van der Waals surface area contributed by atoms with Gasteiger partial charge in [0.15, 0.2) is 0 Å². The Morgan fingerprint density at radius 2 is 1.91 bits per heavy atom. The maximum absolute atomic E-state index is 12.4. The van der Waals surface area contributed by atoms with Crippen molar-refractivity contribution in [1.82, 2.24) is 4.98 Å². The van der Waals surface area contributed by atoms with Gasteiger partial charge in [-0.1, -0.05) is 19.3 Å². The first-order valence-electron chi connectivity index (χ1n) is 3.57. The van der Waals surface area contributed by atoms with E-state index < -0.39 is 0 Å². The maximum Gasteiger partial charge on any atom is 0.143 e. The molecule has 0 aliphatic carbocycles. The summed E-state index contributed by atoms with van der Waals surface area (Å²) in [6, 6.07) is 0. The summed E-state index contributed by atoms with van der Waals surface area (Å²) in [5.41, 5.74) is 0.861. The van der Waals surface area contributed by atoms with E-state index in [2.05, 4.69) is 4.98 Å². The third-order valence-electron chi connectivity index (χ3n) is 1.19. The van der Waals surface area contributed by atoms with E-state index in [4.69, 9.17) is 7.85 Å². The summed E-state index contributed by atoms with van der Waals surface area (Å²) in [5, 5.41) is 0. The summed E-state index contributed by atoms with van der Waals surface area (Å²) in [6.07, 6.45) is 2.57.